The Balaban J connectivity index is 2.64. The smallest absolute Gasteiger partial charge is 0.222 e. The number of rotatable bonds is 8. The molecule has 0 fully saturated rings. The Bertz CT molecular complexity index is 358. The first-order valence-corrected chi connectivity index (χ1v) is 6.22. The van der Waals surface area contributed by atoms with Crippen molar-refractivity contribution in [2.24, 2.45) is 5.84 Å². The van der Waals surface area contributed by atoms with Crippen molar-refractivity contribution in [3.8, 4) is 5.88 Å². The summed E-state index contributed by atoms with van der Waals surface area (Å²) in [6.45, 7) is 7.93. The molecule has 0 aliphatic heterocycles. The van der Waals surface area contributed by atoms with Crippen LogP contribution < -0.4 is 16.0 Å². The molecular formula is C12H22N4O2. The first kappa shape index (κ1) is 14.7. The van der Waals surface area contributed by atoms with Crippen molar-refractivity contribution in [1.82, 2.24) is 9.97 Å². The van der Waals surface area contributed by atoms with Crippen LogP contribution in [0.3, 0.4) is 0 Å². The fourth-order valence-electron chi connectivity index (χ4n) is 1.57. The van der Waals surface area contributed by atoms with Crippen LogP contribution in [0.25, 0.3) is 0 Å². The van der Waals surface area contributed by atoms with Crippen molar-refractivity contribution in [2.75, 3.05) is 25.2 Å². The molecule has 0 amide bonds. The second-order valence-corrected chi connectivity index (χ2v) is 4.20. The zero-order chi connectivity index (χ0) is 13.4. The second kappa shape index (κ2) is 7.84. The van der Waals surface area contributed by atoms with Gasteiger partial charge in [0.25, 0.3) is 0 Å². The molecule has 0 aromatic carbocycles. The Morgan fingerprint density at radius 1 is 1.28 bits per heavy atom. The van der Waals surface area contributed by atoms with E-state index in [9.17, 15) is 0 Å². The van der Waals surface area contributed by atoms with Crippen LogP contribution in [-0.2, 0) is 4.74 Å². The minimum absolute atomic E-state index is 0.226. The molecule has 102 valence electrons. The van der Waals surface area contributed by atoms with Crippen LogP contribution in [0.4, 0.5) is 5.82 Å². The predicted octanol–water partition coefficient (Wildman–Crippen LogP) is 1.69. The molecule has 0 radical (unpaired) electrons. The molecule has 0 spiro atoms. The minimum Gasteiger partial charge on any atom is -0.475 e. The summed E-state index contributed by atoms with van der Waals surface area (Å²) in [5.41, 5.74) is 3.45. The number of ether oxygens (including phenoxy) is 2. The van der Waals surface area contributed by atoms with E-state index in [2.05, 4.69) is 22.3 Å². The summed E-state index contributed by atoms with van der Waals surface area (Å²) in [6.07, 6.45) is 2.44. The summed E-state index contributed by atoms with van der Waals surface area (Å²) in [6, 6.07) is 0. The van der Waals surface area contributed by atoms with Gasteiger partial charge in [-0.2, -0.15) is 0 Å². The molecule has 18 heavy (non-hydrogen) atoms. The molecule has 6 nitrogen and oxygen atoms in total. The molecule has 0 atom stereocenters. The molecule has 6 heteroatoms. The van der Waals surface area contributed by atoms with E-state index in [1.165, 1.54) is 6.33 Å². The highest BCUT2D eigenvalue weighted by Gasteiger charge is 2.15. The molecule has 0 unspecified atom stereocenters. The van der Waals surface area contributed by atoms with Crippen molar-refractivity contribution >= 4 is 5.82 Å². The molecule has 0 saturated heterocycles. The van der Waals surface area contributed by atoms with Crippen LogP contribution in [0.2, 0.25) is 0 Å². The average molecular weight is 254 g/mol. The third-order valence-corrected chi connectivity index (χ3v) is 2.38. The number of nitrogen functional groups attached to an aromatic ring is 1. The molecular weight excluding hydrogens is 232 g/mol. The lowest BCUT2D eigenvalue weighted by molar-refractivity contribution is 0.0985. The van der Waals surface area contributed by atoms with Crippen molar-refractivity contribution < 1.29 is 9.47 Å². The lowest BCUT2D eigenvalue weighted by Gasteiger charge is -2.15. The van der Waals surface area contributed by atoms with Gasteiger partial charge in [-0.05, 0) is 12.3 Å². The van der Waals surface area contributed by atoms with Gasteiger partial charge in [0.2, 0.25) is 5.88 Å². The van der Waals surface area contributed by atoms with Gasteiger partial charge >= 0.3 is 0 Å². The van der Waals surface area contributed by atoms with E-state index in [1.54, 1.807) is 0 Å². The molecule has 0 saturated carbocycles. The van der Waals surface area contributed by atoms with E-state index >= 15 is 0 Å². The number of hydrazine groups is 1. The van der Waals surface area contributed by atoms with Gasteiger partial charge in [0.15, 0.2) is 5.82 Å². The second-order valence-electron chi connectivity index (χ2n) is 4.20. The average Bonchev–Trinajstić information content (AvgIpc) is 2.37. The maximum Gasteiger partial charge on any atom is 0.222 e. The predicted molar refractivity (Wildman–Crippen MR) is 70.5 cm³/mol. The lowest BCUT2D eigenvalue weighted by atomic mass is 10.1. The number of hydrogen-bond acceptors (Lipinski definition) is 6. The minimum atomic E-state index is 0.226. The molecule has 1 heterocycles. The van der Waals surface area contributed by atoms with E-state index in [-0.39, 0.29) is 5.92 Å². The first-order valence-electron chi connectivity index (χ1n) is 6.22. The summed E-state index contributed by atoms with van der Waals surface area (Å²) in [7, 11) is 0. The topological polar surface area (TPSA) is 82.3 Å². The van der Waals surface area contributed by atoms with Gasteiger partial charge in [-0.3, -0.25) is 0 Å². The maximum atomic E-state index is 5.62. The molecule has 0 bridgehead atoms. The summed E-state index contributed by atoms with van der Waals surface area (Å²) < 4.78 is 11.0. The molecule has 1 aromatic heterocycles. The van der Waals surface area contributed by atoms with Crippen LogP contribution in [-0.4, -0.2) is 29.8 Å². The third kappa shape index (κ3) is 4.12. The van der Waals surface area contributed by atoms with Crippen molar-refractivity contribution in [2.45, 2.75) is 33.1 Å². The normalized spacial score (nSPS) is 10.7. The monoisotopic (exact) mass is 254 g/mol. The number of anilines is 1. The lowest BCUT2D eigenvalue weighted by Crippen LogP contribution is -2.15. The highest BCUT2D eigenvalue weighted by molar-refractivity contribution is 5.49. The van der Waals surface area contributed by atoms with Crippen molar-refractivity contribution in [3.05, 3.63) is 11.9 Å². The maximum absolute atomic E-state index is 5.62. The number of nitrogens with two attached hydrogens (primary N) is 1. The number of nitrogens with one attached hydrogen (secondary N) is 1. The van der Waals surface area contributed by atoms with Crippen LogP contribution in [0, 0.1) is 0 Å². The first-order chi connectivity index (χ1) is 8.70. The highest BCUT2D eigenvalue weighted by atomic mass is 16.5. The van der Waals surface area contributed by atoms with Crippen LogP contribution in [0.1, 0.15) is 38.7 Å². The van der Waals surface area contributed by atoms with Crippen LogP contribution >= 0.6 is 0 Å². The van der Waals surface area contributed by atoms with E-state index in [0.717, 1.165) is 18.6 Å². The Morgan fingerprint density at radius 3 is 2.67 bits per heavy atom. The molecule has 1 rings (SSSR count). The van der Waals surface area contributed by atoms with E-state index in [0.29, 0.717) is 24.9 Å². The van der Waals surface area contributed by atoms with E-state index in [1.807, 2.05) is 13.8 Å². The van der Waals surface area contributed by atoms with Gasteiger partial charge in [0, 0.05) is 6.61 Å². The Labute approximate surface area is 108 Å². The van der Waals surface area contributed by atoms with Crippen LogP contribution in [0.5, 0.6) is 5.88 Å². The number of hydrogen-bond donors (Lipinski definition) is 2. The fourth-order valence-corrected chi connectivity index (χ4v) is 1.57. The molecule has 3 N–H and O–H groups in total. The summed E-state index contributed by atoms with van der Waals surface area (Å²) in [5.74, 6) is 6.82. The number of nitrogens with zero attached hydrogens (tertiary/aromatic N) is 2. The Hall–Kier alpha value is -1.40. The van der Waals surface area contributed by atoms with Gasteiger partial charge in [-0.1, -0.05) is 20.8 Å². The van der Waals surface area contributed by atoms with Crippen LogP contribution in [0.15, 0.2) is 6.33 Å². The largest absolute Gasteiger partial charge is 0.475 e. The standard InChI is InChI=1S/C12H22N4O2/c1-4-5-17-6-7-18-12-10(9(2)3)11(16-13)14-8-15-12/h8-9H,4-7,13H2,1-3H3,(H,14,15,16). The van der Waals surface area contributed by atoms with Gasteiger partial charge < -0.3 is 14.9 Å². The SMILES string of the molecule is CCCOCCOc1ncnc(NN)c1C(C)C. The number of aromatic nitrogens is 2. The van der Waals surface area contributed by atoms with Gasteiger partial charge in [-0.15, -0.1) is 0 Å². The van der Waals surface area contributed by atoms with Gasteiger partial charge in [-0.25, -0.2) is 15.8 Å². The van der Waals surface area contributed by atoms with Gasteiger partial charge in [0.1, 0.15) is 12.9 Å². The Kier molecular flexibility index (Phi) is 6.38. The quantitative estimate of drug-likeness (QED) is 0.417. The molecule has 0 aliphatic carbocycles. The Morgan fingerprint density at radius 2 is 2.06 bits per heavy atom. The summed E-state index contributed by atoms with van der Waals surface area (Å²) in [4.78, 5) is 8.22. The van der Waals surface area contributed by atoms with E-state index in [4.69, 9.17) is 15.3 Å². The fraction of sp³-hybridized carbons (Fsp3) is 0.667. The van der Waals surface area contributed by atoms with E-state index < -0.39 is 0 Å². The zero-order valence-corrected chi connectivity index (χ0v) is 11.3. The molecule has 1 aromatic rings. The zero-order valence-electron chi connectivity index (χ0n) is 11.3. The van der Waals surface area contributed by atoms with Crippen molar-refractivity contribution in [1.29, 1.82) is 0 Å². The third-order valence-electron chi connectivity index (χ3n) is 2.38. The summed E-state index contributed by atoms with van der Waals surface area (Å²) >= 11 is 0. The van der Waals surface area contributed by atoms with Gasteiger partial charge in [0.05, 0.1) is 12.2 Å². The van der Waals surface area contributed by atoms with Crippen molar-refractivity contribution in [3.63, 3.8) is 0 Å². The molecule has 0 aliphatic rings. The highest BCUT2D eigenvalue weighted by Crippen LogP contribution is 2.29. The summed E-state index contributed by atoms with van der Waals surface area (Å²) in [5, 5.41) is 0.